The van der Waals surface area contributed by atoms with Crippen molar-refractivity contribution in [3.63, 3.8) is 0 Å². The molecule has 0 aromatic carbocycles. The molecular formula is C14H29ClN2O. The summed E-state index contributed by atoms with van der Waals surface area (Å²) in [5.74, 6) is 0.234. The highest BCUT2D eigenvalue weighted by molar-refractivity contribution is 5.85. The van der Waals surface area contributed by atoms with Gasteiger partial charge in [0.05, 0.1) is 0 Å². The van der Waals surface area contributed by atoms with Crippen LogP contribution in [0, 0.1) is 5.41 Å². The van der Waals surface area contributed by atoms with E-state index in [9.17, 15) is 4.79 Å². The van der Waals surface area contributed by atoms with Crippen LogP contribution in [0.4, 0.5) is 0 Å². The van der Waals surface area contributed by atoms with Gasteiger partial charge in [-0.2, -0.15) is 0 Å². The first-order chi connectivity index (χ1) is 8.22. The van der Waals surface area contributed by atoms with E-state index < -0.39 is 0 Å². The van der Waals surface area contributed by atoms with Crippen molar-refractivity contribution in [1.29, 1.82) is 0 Å². The van der Waals surface area contributed by atoms with Crippen molar-refractivity contribution >= 4 is 18.3 Å². The molecule has 0 radical (unpaired) electrons. The maximum Gasteiger partial charge on any atom is 0.220 e. The SMILES string of the molecule is CCC1(CNC(=O)CCCCCCN)CCC1.Cl. The molecule has 1 saturated carbocycles. The zero-order chi connectivity index (χ0) is 12.6. The zero-order valence-corrected chi connectivity index (χ0v) is 12.5. The topological polar surface area (TPSA) is 55.1 Å². The minimum absolute atomic E-state index is 0. The lowest BCUT2D eigenvalue weighted by Crippen LogP contribution is -2.41. The average molecular weight is 277 g/mol. The second-order valence-electron chi connectivity index (χ2n) is 5.44. The van der Waals surface area contributed by atoms with E-state index >= 15 is 0 Å². The van der Waals surface area contributed by atoms with Gasteiger partial charge in [-0.05, 0) is 44.1 Å². The molecule has 1 fully saturated rings. The molecule has 0 aromatic rings. The van der Waals surface area contributed by atoms with Gasteiger partial charge in [-0.1, -0.05) is 26.2 Å². The third kappa shape index (κ3) is 6.05. The molecule has 0 spiro atoms. The Morgan fingerprint density at radius 2 is 1.89 bits per heavy atom. The molecule has 0 heterocycles. The normalized spacial score (nSPS) is 16.6. The predicted octanol–water partition coefficient (Wildman–Crippen LogP) is 3.01. The van der Waals surface area contributed by atoms with E-state index in [0.717, 1.165) is 38.8 Å². The van der Waals surface area contributed by atoms with Crippen molar-refractivity contribution in [2.45, 2.75) is 64.7 Å². The molecule has 1 rings (SSSR count). The largest absolute Gasteiger partial charge is 0.356 e. The second-order valence-corrected chi connectivity index (χ2v) is 5.44. The first kappa shape index (κ1) is 17.7. The van der Waals surface area contributed by atoms with E-state index in [1.165, 1.54) is 25.7 Å². The number of amides is 1. The first-order valence-corrected chi connectivity index (χ1v) is 7.19. The summed E-state index contributed by atoms with van der Waals surface area (Å²) in [4.78, 5) is 11.6. The van der Waals surface area contributed by atoms with Crippen LogP contribution in [-0.2, 0) is 4.79 Å². The van der Waals surface area contributed by atoms with Gasteiger partial charge < -0.3 is 11.1 Å². The molecule has 0 aromatic heterocycles. The molecule has 0 saturated heterocycles. The minimum atomic E-state index is 0. The van der Waals surface area contributed by atoms with Crippen molar-refractivity contribution in [2.24, 2.45) is 11.1 Å². The molecule has 0 aliphatic heterocycles. The highest BCUT2D eigenvalue weighted by atomic mass is 35.5. The van der Waals surface area contributed by atoms with E-state index in [2.05, 4.69) is 12.2 Å². The van der Waals surface area contributed by atoms with Crippen LogP contribution in [0.3, 0.4) is 0 Å². The number of hydrogen-bond acceptors (Lipinski definition) is 2. The third-order valence-corrected chi connectivity index (χ3v) is 4.18. The molecule has 0 atom stereocenters. The van der Waals surface area contributed by atoms with Crippen molar-refractivity contribution in [2.75, 3.05) is 13.1 Å². The Morgan fingerprint density at radius 1 is 1.22 bits per heavy atom. The molecule has 0 bridgehead atoms. The van der Waals surface area contributed by atoms with Gasteiger partial charge in [-0.25, -0.2) is 0 Å². The number of carbonyl (C=O) groups is 1. The number of nitrogens with two attached hydrogens (primary N) is 1. The molecule has 18 heavy (non-hydrogen) atoms. The second kappa shape index (κ2) is 9.62. The number of halogens is 1. The van der Waals surface area contributed by atoms with Gasteiger partial charge in [0, 0.05) is 13.0 Å². The van der Waals surface area contributed by atoms with Crippen molar-refractivity contribution < 1.29 is 4.79 Å². The Hall–Kier alpha value is -0.280. The van der Waals surface area contributed by atoms with Crippen molar-refractivity contribution in [3.05, 3.63) is 0 Å². The summed E-state index contributed by atoms with van der Waals surface area (Å²) >= 11 is 0. The highest BCUT2D eigenvalue weighted by Crippen LogP contribution is 2.42. The molecule has 3 nitrogen and oxygen atoms in total. The predicted molar refractivity (Wildman–Crippen MR) is 79.0 cm³/mol. The molecule has 3 N–H and O–H groups in total. The summed E-state index contributed by atoms with van der Waals surface area (Å²) < 4.78 is 0. The standard InChI is InChI=1S/C14H28N2O.ClH/c1-2-14(9-7-10-14)12-16-13(17)8-5-3-4-6-11-15;/h2-12,15H2,1H3,(H,16,17);1H. The minimum Gasteiger partial charge on any atom is -0.356 e. The summed E-state index contributed by atoms with van der Waals surface area (Å²) in [5, 5.41) is 3.10. The fourth-order valence-corrected chi connectivity index (χ4v) is 2.49. The molecule has 4 heteroatoms. The van der Waals surface area contributed by atoms with Crippen LogP contribution in [0.25, 0.3) is 0 Å². The van der Waals surface area contributed by atoms with Gasteiger partial charge >= 0.3 is 0 Å². The quantitative estimate of drug-likeness (QED) is 0.636. The fraction of sp³-hybridized carbons (Fsp3) is 0.929. The lowest BCUT2D eigenvalue weighted by Gasteiger charge is -2.41. The Kier molecular flexibility index (Phi) is 9.47. The maximum atomic E-state index is 11.6. The van der Waals surface area contributed by atoms with Crippen molar-refractivity contribution in [1.82, 2.24) is 5.32 Å². The smallest absolute Gasteiger partial charge is 0.220 e. The summed E-state index contributed by atoms with van der Waals surface area (Å²) in [7, 11) is 0. The van der Waals surface area contributed by atoms with E-state index in [1.54, 1.807) is 0 Å². The Bertz CT molecular complexity index is 224. The molecule has 1 aliphatic carbocycles. The number of hydrogen-bond donors (Lipinski definition) is 2. The Labute approximate surface area is 118 Å². The van der Waals surface area contributed by atoms with Crippen LogP contribution in [0.2, 0.25) is 0 Å². The molecule has 1 aliphatic rings. The Morgan fingerprint density at radius 3 is 2.39 bits per heavy atom. The monoisotopic (exact) mass is 276 g/mol. The third-order valence-electron chi connectivity index (χ3n) is 4.18. The maximum absolute atomic E-state index is 11.6. The number of carbonyl (C=O) groups excluding carboxylic acids is 1. The number of rotatable bonds is 9. The van der Waals surface area contributed by atoms with E-state index in [-0.39, 0.29) is 18.3 Å². The van der Waals surface area contributed by atoms with Gasteiger partial charge in [0.1, 0.15) is 0 Å². The van der Waals surface area contributed by atoms with E-state index in [4.69, 9.17) is 5.73 Å². The lowest BCUT2D eigenvalue weighted by molar-refractivity contribution is -0.122. The summed E-state index contributed by atoms with van der Waals surface area (Å²) in [6, 6.07) is 0. The van der Waals surface area contributed by atoms with Gasteiger partial charge in [-0.3, -0.25) is 4.79 Å². The van der Waals surface area contributed by atoms with Crippen LogP contribution in [0.1, 0.15) is 64.7 Å². The first-order valence-electron chi connectivity index (χ1n) is 7.19. The number of unbranched alkanes of at least 4 members (excludes halogenated alkanes) is 3. The van der Waals surface area contributed by atoms with Crippen LogP contribution in [-0.4, -0.2) is 19.0 Å². The molecular weight excluding hydrogens is 248 g/mol. The van der Waals surface area contributed by atoms with Crippen molar-refractivity contribution in [3.8, 4) is 0 Å². The summed E-state index contributed by atoms with van der Waals surface area (Å²) in [6.07, 6.45) is 10.2. The summed E-state index contributed by atoms with van der Waals surface area (Å²) in [6.45, 7) is 3.90. The number of nitrogens with one attached hydrogen (secondary N) is 1. The molecule has 0 unspecified atom stereocenters. The van der Waals surface area contributed by atoms with Crippen LogP contribution >= 0.6 is 12.4 Å². The lowest BCUT2D eigenvalue weighted by atomic mass is 9.67. The fourth-order valence-electron chi connectivity index (χ4n) is 2.49. The van der Waals surface area contributed by atoms with Crippen LogP contribution in [0.5, 0.6) is 0 Å². The van der Waals surface area contributed by atoms with Crippen LogP contribution < -0.4 is 11.1 Å². The van der Waals surface area contributed by atoms with Gasteiger partial charge in [0.15, 0.2) is 0 Å². The van der Waals surface area contributed by atoms with Gasteiger partial charge in [-0.15, -0.1) is 12.4 Å². The molecule has 1 amide bonds. The van der Waals surface area contributed by atoms with Gasteiger partial charge in [0.2, 0.25) is 5.91 Å². The van der Waals surface area contributed by atoms with E-state index in [1.807, 2.05) is 0 Å². The summed E-state index contributed by atoms with van der Waals surface area (Å²) in [5.41, 5.74) is 5.86. The van der Waals surface area contributed by atoms with Gasteiger partial charge in [0.25, 0.3) is 0 Å². The zero-order valence-electron chi connectivity index (χ0n) is 11.7. The average Bonchev–Trinajstić information content (AvgIpc) is 2.28. The van der Waals surface area contributed by atoms with Crippen LogP contribution in [0.15, 0.2) is 0 Å². The highest BCUT2D eigenvalue weighted by Gasteiger charge is 2.34. The Balaban J connectivity index is 0.00000289. The van der Waals surface area contributed by atoms with E-state index in [0.29, 0.717) is 11.8 Å². The molecule has 108 valence electrons.